The van der Waals surface area contributed by atoms with E-state index in [-0.39, 0.29) is 5.91 Å². The van der Waals surface area contributed by atoms with Crippen LogP contribution in [0.15, 0.2) is 59.7 Å². The Bertz CT molecular complexity index is 863. The molecule has 2 aromatic carbocycles. The molecule has 0 saturated carbocycles. The molecule has 0 aromatic heterocycles. The topological polar surface area (TPSA) is 67.8 Å². The van der Waals surface area contributed by atoms with Gasteiger partial charge in [0.25, 0.3) is 0 Å². The molecule has 5 heteroatoms. The molecule has 2 rings (SSSR count). The van der Waals surface area contributed by atoms with Gasteiger partial charge in [0.05, 0.1) is 11.8 Å². The van der Waals surface area contributed by atoms with Crippen molar-refractivity contribution in [2.75, 3.05) is 0 Å². The van der Waals surface area contributed by atoms with Gasteiger partial charge in [-0.05, 0) is 48.4 Å². The van der Waals surface area contributed by atoms with E-state index >= 15 is 0 Å². The van der Waals surface area contributed by atoms with Crippen molar-refractivity contribution in [1.82, 2.24) is 5.43 Å². The van der Waals surface area contributed by atoms with Gasteiger partial charge in [-0.25, -0.2) is 10.2 Å². The predicted octanol–water partition coefficient (Wildman–Crippen LogP) is 7.84. The summed E-state index contributed by atoms with van der Waals surface area (Å²) < 4.78 is 5.36. The first kappa shape index (κ1) is 28.3. The Hall–Kier alpha value is -2.95. The lowest BCUT2D eigenvalue weighted by Gasteiger charge is -2.04. The van der Waals surface area contributed by atoms with Crippen LogP contribution in [0.25, 0.3) is 0 Å². The van der Waals surface area contributed by atoms with E-state index in [2.05, 4.69) is 17.5 Å². The van der Waals surface area contributed by atoms with E-state index in [1.54, 1.807) is 54.7 Å². The third-order valence-corrected chi connectivity index (χ3v) is 6.01. The number of hydrogen-bond acceptors (Lipinski definition) is 4. The van der Waals surface area contributed by atoms with Crippen LogP contribution < -0.4 is 10.2 Å². The van der Waals surface area contributed by atoms with Gasteiger partial charge in [0.15, 0.2) is 0 Å². The summed E-state index contributed by atoms with van der Waals surface area (Å²) in [6, 6.07) is 15.9. The number of ether oxygens (including phenoxy) is 1. The average Bonchev–Trinajstić information content (AvgIpc) is 2.88. The van der Waals surface area contributed by atoms with Gasteiger partial charge in [-0.3, -0.25) is 4.79 Å². The number of carbonyl (C=O) groups excluding carboxylic acids is 2. The second kappa shape index (κ2) is 18.4. The van der Waals surface area contributed by atoms with Crippen molar-refractivity contribution in [3.8, 4) is 5.75 Å². The predicted molar refractivity (Wildman–Crippen MR) is 144 cm³/mol. The molecule has 0 fully saturated rings. The summed E-state index contributed by atoms with van der Waals surface area (Å²) in [5, 5.41) is 4.03. The van der Waals surface area contributed by atoms with Crippen molar-refractivity contribution < 1.29 is 14.3 Å². The summed E-state index contributed by atoms with van der Waals surface area (Å²) in [6.45, 7) is 2.26. The standard InChI is InChI=1S/C30H42N2O3/c1-2-3-4-5-6-7-8-9-10-11-12-13-17-20-29(33)32-31-25-26-21-23-28(24-22-26)35-30(34)27-18-15-14-16-19-27/h14-16,18-19,21-25H,2-13,17,20H2,1H3,(H,32,33)/b31-25-. The van der Waals surface area contributed by atoms with Crippen molar-refractivity contribution in [3.63, 3.8) is 0 Å². The van der Waals surface area contributed by atoms with Crippen LogP contribution in [0.1, 0.15) is 113 Å². The van der Waals surface area contributed by atoms with E-state index in [1.165, 1.54) is 70.6 Å². The smallest absolute Gasteiger partial charge is 0.343 e. The summed E-state index contributed by atoms with van der Waals surface area (Å²) in [7, 11) is 0. The number of nitrogens with zero attached hydrogens (tertiary/aromatic N) is 1. The Balaban J connectivity index is 1.48. The van der Waals surface area contributed by atoms with Gasteiger partial charge < -0.3 is 4.74 Å². The van der Waals surface area contributed by atoms with Crippen molar-refractivity contribution in [3.05, 3.63) is 65.7 Å². The zero-order chi connectivity index (χ0) is 25.0. The number of amides is 1. The van der Waals surface area contributed by atoms with Gasteiger partial charge in [-0.1, -0.05) is 102 Å². The molecule has 0 aliphatic heterocycles. The first-order valence-corrected chi connectivity index (χ1v) is 13.4. The minimum Gasteiger partial charge on any atom is -0.423 e. The number of hydrazone groups is 1. The monoisotopic (exact) mass is 478 g/mol. The lowest BCUT2D eigenvalue weighted by molar-refractivity contribution is -0.121. The Morgan fingerprint density at radius 2 is 1.29 bits per heavy atom. The van der Waals surface area contributed by atoms with Gasteiger partial charge in [0, 0.05) is 6.42 Å². The summed E-state index contributed by atoms with van der Waals surface area (Å²) >= 11 is 0. The van der Waals surface area contributed by atoms with E-state index in [4.69, 9.17) is 4.74 Å². The second-order valence-electron chi connectivity index (χ2n) is 9.11. The number of benzene rings is 2. The van der Waals surface area contributed by atoms with Crippen LogP contribution in [-0.4, -0.2) is 18.1 Å². The highest BCUT2D eigenvalue weighted by Gasteiger charge is 2.07. The lowest BCUT2D eigenvalue weighted by atomic mass is 10.0. The summed E-state index contributed by atoms with van der Waals surface area (Å²) in [5.74, 6) is 0.00706. The van der Waals surface area contributed by atoms with E-state index in [9.17, 15) is 9.59 Å². The first-order chi connectivity index (χ1) is 17.2. The maximum Gasteiger partial charge on any atom is 0.343 e. The molecule has 0 aliphatic carbocycles. The zero-order valence-corrected chi connectivity index (χ0v) is 21.3. The molecule has 0 aliphatic rings. The quantitative estimate of drug-likeness (QED) is 0.0780. The van der Waals surface area contributed by atoms with Crippen LogP contribution in [0.4, 0.5) is 0 Å². The summed E-state index contributed by atoms with van der Waals surface area (Å²) in [6.07, 6.45) is 18.9. The molecule has 35 heavy (non-hydrogen) atoms. The molecular formula is C30H42N2O3. The maximum atomic E-state index is 12.1. The van der Waals surface area contributed by atoms with Crippen LogP contribution in [0, 0.1) is 0 Å². The second-order valence-corrected chi connectivity index (χ2v) is 9.11. The molecule has 0 saturated heterocycles. The zero-order valence-electron chi connectivity index (χ0n) is 21.3. The van der Waals surface area contributed by atoms with Crippen LogP contribution in [0.3, 0.4) is 0 Å². The highest BCUT2D eigenvalue weighted by atomic mass is 16.5. The fourth-order valence-corrected chi connectivity index (χ4v) is 3.90. The molecule has 0 atom stereocenters. The van der Waals surface area contributed by atoms with Crippen LogP contribution in [0.2, 0.25) is 0 Å². The largest absolute Gasteiger partial charge is 0.423 e. The van der Waals surface area contributed by atoms with Crippen molar-refractivity contribution in [1.29, 1.82) is 0 Å². The SMILES string of the molecule is CCCCCCCCCCCCCCCC(=O)N/N=C\c1ccc(OC(=O)c2ccccc2)cc1. The fraction of sp³-hybridized carbons (Fsp3) is 0.500. The molecular weight excluding hydrogens is 436 g/mol. The minimum atomic E-state index is -0.396. The summed E-state index contributed by atoms with van der Waals surface area (Å²) in [4.78, 5) is 24.0. The van der Waals surface area contributed by atoms with Gasteiger partial charge >= 0.3 is 5.97 Å². The van der Waals surface area contributed by atoms with Gasteiger partial charge in [-0.15, -0.1) is 0 Å². The molecule has 190 valence electrons. The van der Waals surface area contributed by atoms with E-state index in [1.807, 2.05) is 6.07 Å². The van der Waals surface area contributed by atoms with Crippen LogP contribution in [-0.2, 0) is 4.79 Å². The van der Waals surface area contributed by atoms with E-state index in [0.29, 0.717) is 17.7 Å². The Morgan fingerprint density at radius 3 is 1.86 bits per heavy atom. The molecule has 0 unspecified atom stereocenters. The van der Waals surface area contributed by atoms with Gasteiger partial charge in [0.2, 0.25) is 5.91 Å². The molecule has 0 bridgehead atoms. The van der Waals surface area contributed by atoms with Gasteiger partial charge in [0.1, 0.15) is 5.75 Å². The highest BCUT2D eigenvalue weighted by molar-refractivity contribution is 5.91. The first-order valence-electron chi connectivity index (χ1n) is 13.4. The average molecular weight is 479 g/mol. The lowest BCUT2D eigenvalue weighted by Crippen LogP contribution is -2.16. The molecule has 2 aromatic rings. The maximum absolute atomic E-state index is 12.1. The van der Waals surface area contributed by atoms with Crippen molar-refractivity contribution >= 4 is 18.1 Å². The van der Waals surface area contributed by atoms with Crippen LogP contribution >= 0.6 is 0 Å². The number of carbonyl (C=O) groups is 2. The van der Waals surface area contributed by atoms with Crippen molar-refractivity contribution in [2.45, 2.75) is 96.8 Å². The highest BCUT2D eigenvalue weighted by Crippen LogP contribution is 2.14. The fourth-order valence-electron chi connectivity index (χ4n) is 3.90. The van der Waals surface area contributed by atoms with E-state index < -0.39 is 5.97 Å². The van der Waals surface area contributed by atoms with Crippen molar-refractivity contribution in [2.24, 2.45) is 5.10 Å². The minimum absolute atomic E-state index is 0.0577. The number of esters is 1. The third-order valence-electron chi connectivity index (χ3n) is 6.01. The van der Waals surface area contributed by atoms with Gasteiger partial charge in [-0.2, -0.15) is 5.10 Å². The number of unbranched alkanes of at least 4 members (excludes halogenated alkanes) is 12. The summed E-state index contributed by atoms with van der Waals surface area (Å²) in [5.41, 5.74) is 3.90. The number of rotatable bonds is 18. The molecule has 5 nitrogen and oxygen atoms in total. The molecule has 0 spiro atoms. The Labute approximate surface area is 211 Å². The van der Waals surface area contributed by atoms with Crippen LogP contribution in [0.5, 0.6) is 5.75 Å². The molecule has 0 radical (unpaired) electrons. The normalized spacial score (nSPS) is 11.0. The third kappa shape index (κ3) is 13.5. The Morgan fingerprint density at radius 1 is 0.743 bits per heavy atom. The Kier molecular flexibility index (Phi) is 14.9. The molecule has 1 amide bonds. The molecule has 1 N–H and O–H groups in total. The molecule has 0 heterocycles. The number of hydrogen-bond donors (Lipinski definition) is 1. The van der Waals surface area contributed by atoms with E-state index in [0.717, 1.165) is 18.4 Å². The number of nitrogens with one attached hydrogen (secondary N) is 1.